The second kappa shape index (κ2) is 8.33. The largest absolute Gasteiger partial charge is 0.491 e. The van der Waals surface area contributed by atoms with E-state index < -0.39 is 12.0 Å². The predicted octanol–water partition coefficient (Wildman–Crippen LogP) is 3.73. The Balaban J connectivity index is 2.18. The number of amides is 1. The maximum Gasteiger partial charge on any atom is 0.305 e. The van der Waals surface area contributed by atoms with Crippen molar-refractivity contribution in [2.24, 2.45) is 0 Å². The van der Waals surface area contributed by atoms with E-state index in [4.69, 9.17) is 4.74 Å². The van der Waals surface area contributed by atoms with Crippen LogP contribution in [-0.4, -0.2) is 23.1 Å². The second-order valence-corrected chi connectivity index (χ2v) is 6.23. The van der Waals surface area contributed by atoms with Crippen LogP contribution in [0.3, 0.4) is 0 Å². The van der Waals surface area contributed by atoms with Crippen molar-refractivity contribution in [1.82, 2.24) is 5.32 Å². The van der Waals surface area contributed by atoms with E-state index in [0.717, 1.165) is 11.1 Å². The number of rotatable bonds is 7. The second-order valence-electron chi connectivity index (χ2n) is 6.23. The number of carbonyl (C=O) groups excluding carboxylic acids is 1. The summed E-state index contributed by atoms with van der Waals surface area (Å²) in [4.78, 5) is 23.6. The first kappa shape index (κ1) is 18.5. The Hall–Kier alpha value is -2.82. The molecule has 25 heavy (non-hydrogen) atoms. The van der Waals surface area contributed by atoms with Gasteiger partial charge in [0.2, 0.25) is 0 Å². The number of hydrogen-bond donors (Lipinski definition) is 2. The lowest BCUT2D eigenvalue weighted by atomic mass is 10.0. The quantitative estimate of drug-likeness (QED) is 0.804. The van der Waals surface area contributed by atoms with Crippen LogP contribution in [0.2, 0.25) is 0 Å². The number of aliphatic carboxylic acids is 1. The van der Waals surface area contributed by atoms with E-state index in [0.29, 0.717) is 11.3 Å². The first-order valence-electron chi connectivity index (χ1n) is 8.21. The van der Waals surface area contributed by atoms with Crippen LogP contribution >= 0.6 is 0 Å². The molecule has 0 aliphatic rings. The highest BCUT2D eigenvalue weighted by Crippen LogP contribution is 2.22. The number of ether oxygens (including phenoxy) is 1. The van der Waals surface area contributed by atoms with Crippen LogP contribution in [0.25, 0.3) is 0 Å². The molecule has 0 fully saturated rings. The molecule has 5 nitrogen and oxygen atoms in total. The molecule has 132 valence electrons. The van der Waals surface area contributed by atoms with Gasteiger partial charge in [-0.3, -0.25) is 9.59 Å². The molecule has 0 saturated heterocycles. The van der Waals surface area contributed by atoms with Gasteiger partial charge in [-0.05, 0) is 50.6 Å². The van der Waals surface area contributed by atoms with Crippen LogP contribution in [0, 0.1) is 6.92 Å². The van der Waals surface area contributed by atoms with Gasteiger partial charge in [-0.2, -0.15) is 0 Å². The fourth-order valence-electron chi connectivity index (χ4n) is 2.51. The number of nitrogens with one attached hydrogen (secondary N) is 1. The van der Waals surface area contributed by atoms with Crippen molar-refractivity contribution in [3.63, 3.8) is 0 Å². The summed E-state index contributed by atoms with van der Waals surface area (Å²) < 4.78 is 5.59. The number of aryl methyl sites for hydroxylation is 1. The highest BCUT2D eigenvalue weighted by Gasteiger charge is 2.19. The van der Waals surface area contributed by atoms with Gasteiger partial charge in [0, 0.05) is 5.56 Å². The summed E-state index contributed by atoms with van der Waals surface area (Å²) in [6.45, 7) is 5.77. The average molecular weight is 341 g/mol. The Morgan fingerprint density at radius 1 is 1.12 bits per heavy atom. The molecule has 0 saturated carbocycles. The Labute approximate surface area is 147 Å². The number of hydrogen-bond acceptors (Lipinski definition) is 3. The van der Waals surface area contributed by atoms with Gasteiger partial charge in [0.05, 0.1) is 18.6 Å². The van der Waals surface area contributed by atoms with Crippen LogP contribution in [0.15, 0.2) is 48.5 Å². The zero-order valence-corrected chi connectivity index (χ0v) is 14.7. The first-order chi connectivity index (χ1) is 11.8. The summed E-state index contributed by atoms with van der Waals surface area (Å²) in [5.41, 5.74) is 2.20. The first-order valence-corrected chi connectivity index (χ1v) is 8.21. The molecular formula is C20H23NO4. The van der Waals surface area contributed by atoms with Gasteiger partial charge in [-0.25, -0.2) is 0 Å². The molecule has 0 heterocycles. The number of benzene rings is 2. The minimum atomic E-state index is -0.975. The van der Waals surface area contributed by atoms with E-state index in [1.165, 1.54) is 0 Å². The third-order valence-electron chi connectivity index (χ3n) is 3.62. The third-order valence-corrected chi connectivity index (χ3v) is 3.62. The zero-order valence-electron chi connectivity index (χ0n) is 14.7. The fourth-order valence-corrected chi connectivity index (χ4v) is 2.51. The summed E-state index contributed by atoms with van der Waals surface area (Å²) >= 11 is 0. The fraction of sp³-hybridized carbons (Fsp3) is 0.300. The Morgan fingerprint density at radius 3 is 2.36 bits per heavy atom. The third kappa shape index (κ3) is 5.64. The van der Waals surface area contributed by atoms with Crippen molar-refractivity contribution < 1.29 is 19.4 Å². The van der Waals surface area contributed by atoms with E-state index in [1.807, 2.05) is 26.8 Å². The van der Waals surface area contributed by atoms with Gasteiger partial charge in [0.25, 0.3) is 5.91 Å². The van der Waals surface area contributed by atoms with Crippen molar-refractivity contribution >= 4 is 11.9 Å². The topological polar surface area (TPSA) is 75.6 Å². The van der Waals surface area contributed by atoms with Crippen LogP contribution in [-0.2, 0) is 4.79 Å². The highest BCUT2D eigenvalue weighted by atomic mass is 16.5. The van der Waals surface area contributed by atoms with Crippen LogP contribution in [0.4, 0.5) is 0 Å². The molecule has 2 aromatic carbocycles. The van der Waals surface area contributed by atoms with Crippen molar-refractivity contribution in [2.75, 3.05) is 0 Å². The molecule has 1 unspecified atom stereocenters. The van der Waals surface area contributed by atoms with Gasteiger partial charge in [0.1, 0.15) is 5.75 Å². The van der Waals surface area contributed by atoms with Crippen LogP contribution < -0.4 is 10.1 Å². The summed E-state index contributed by atoms with van der Waals surface area (Å²) in [5.74, 6) is -0.563. The predicted molar refractivity (Wildman–Crippen MR) is 95.8 cm³/mol. The van der Waals surface area contributed by atoms with Gasteiger partial charge >= 0.3 is 5.97 Å². The normalized spacial score (nSPS) is 11.8. The molecule has 2 aromatic rings. The Morgan fingerprint density at radius 2 is 1.80 bits per heavy atom. The summed E-state index contributed by atoms with van der Waals surface area (Å²) in [5, 5.41) is 12.0. The summed E-state index contributed by atoms with van der Waals surface area (Å²) in [6.07, 6.45) is -0.135. The molecule has 0 aliphatic heterocycles. The maximum absolute atomic E-state index is 12.4. The Kier molecular flexibility index (Phi) is 6.17. The maximum atomic E-state index is 12.4. The zero-order chi connectivity index (χ0) is 18.4. The molecule has 0 bridgehead atoms. The molecule has 5 heteroatoms. The number of carboxylic acids is 1. The Bertz CT molecular complexity index is 738. The molecule has 1 atom stereocenters. The standard InChI is InChI=1S/C20H23NO4/c1-13(2)25-17-9-7-15(8-10-17)18(12-19(22)23)21-20(24)16-6-4-5-14(3)11-16/h4-11,13,18H,12H2,1-3H3,(H,21,24)(H,22,23). The summed E-state index contributed by atoms with van der Waals surface area (Å²) in [6, 6.07) is 13.7. The monoisotopic (exact) mass is 341 g/mol. The molecule has 0 spiro atoms. The number of carboxylic acid groups (broad SMARTS) is 1. The SMILES string of the molecule is Cc1cccc(C(=O)NC(CC(=O)O)c2ccc(OC(C)C)cc2)c1. The van der Waals surface area contributed by atoms with Crippen molar-refractivity contribution in [3.05, 3.63) is 65.2 Å². The van der Waals surface area contributed by atoms with E-state index in [-0.39, 0.29) is 18.4 Å². The van der Waals surface area contributed by atoms with E-state index in [2.05, 4.69) is 5.32 Å². The lowest BCUT2D eigenvalue weighted by molar-refractivity contribution is -0.137. The summed E-state index contributed by atoms with van der Waals surface area (Å²) in [7, 11) is 0. The van der Waals surface area contributed by atoms with Crippen LogP contribution in [0.5, 0.6) is 5.75 Å². The van der Waals surface area contributed by atoms with Gasteiger partial charge in [-0.15, -0.1) is 0 Å². The molecule has 1 amide bonds. The van der Waals surface area contributed by atoms with Gasteiger partial charge < -0.3 is 15.2 Å². The average Bonchev–Trinajstić information content (AvgIpc) is 2.54. The molecule has 0 aliphatic carbocycles. The number of carbonyl (C=O) groups is 2. The smallest absolute Gasteiger partial charge is 0.305 e. The lowest BCUT2D eigenvalue weighted by Crippen LogP contribution is -2.30. The molecule has 2 N–H and O–H groups in total. The molecule has 0 aromatic heterocycles. The van der Waals surface area contributed by atoms with Crippen molar-refractivity contribution in [1.29, 1.82) is 0 Å². The molecule has 2 rings (SSSR count). The minimum absolute atomic E-state index is 0.0571. The van der Waals surface area contributed by atoms with Gasteiger partial charge in [0.15, 0.2) is 0 Å². The highest BCUT2D eigenvalue weighted by molar-refractivity contribution is 5.94. The van der Waals surface area contributed by atoms with E-state index >= 15 is 0 Å². The van der Waals surface area contributed by atoms with E-state index in [9.17, 15) is 14.7 Å². The van der Waals surface area contributed by atoms with E-state index in [1.54, 1.807) is 42.5 Å². The van der Waals surface area contributed by atoms with Crippen molar-refractivity contribution in [2.45, 2.75) is 39.3 Å². The molecule has 0 radical (unpaired) electrons. The lowest BCUT2D eigenvalue weighted by Gasteiger charge is -2.18. The minimum Gasteiger partial charge on any atom is -0.491 e. The molecular weight excluding hydrogens is 318 g/mol. The van der Waals surface area contributed by atoms with Gasteiger partial charge in [-0.1, -0.05) is 29.8 Å². The van der Waals surface area contributed by atoms with Crippen LogP contribution in [0.1, 0.15) is 47.8 Å². The van der Waals surface area contributed by atoms with Crippen molar-refractivity contribution in [3.8, 4) is 5.75 Å².